The zero-order valence-corrected chi connectivity index (χ0v) is 17.2. The van der Waals surface area contributed by atoms with Crippen molar-refractivity contribution < 1.29 is 18.8 Å². The van der Waals surface area contributed by atoms with Gasteiger partial charge in [-0.1, -0.05) is 38.3 Å². The summed E-state index contributed by atoms with van der Waals surface area (Å²) in [4.78, 5) is 38.2. The molecule has 0 bridgehead atoms. The lowest BCUT2D eigenvalue weighted by Gasteiger charge is -2.31. The number of carbonyl (C=O) groups is 3. The summed E-state index contributed by atoms with van der Waals surface area (Å²) in [6.07, 6.45) is 7.87. The molecule has 158 valence electrons. The second kappa shape index (κ2) is 9.99. The number of halogens is 1. The molecule has 2 amide bonds. The molecule has 2 fully saturated rings. The summed E-state index contributed by atoms with van der Waals surface area (Å²) in [6, 6.07) is 4.31. The summed E-state index contributed by atoms with van der Waals surface area (Å²) in [5.41, 5.74) is 0.454. The molecule has 0 radical (unpaired) electrons. The standard InChI is InChI=1S/C23H31FN2O3/c1-2-20(28)22(16-8-4-3-5-9-16)25-23(29)19-12-6-11-18(21(19)24)17-10-7-13-26(14-17)15-27/h6,11-12,15-17,22H,2-5,7-10,13-14H2,1H3,(H,25,29)/t17?,22-/m1/s1. The number of hydrogen-bond acceptors (Lipinski definition) is 3. The highest BCUT2D eigenvalue weighted by Crippen LogP contribution is 2.30. The van der Waals surface area contributed by atoms with Gasteiger partial charge in [0.2, 0.25) is 6.41 Å². The number of amides is 2. The predicted molar refractivity (Wildman–Crippen MR) is 109 cm³/mol. The third kappa shape index (κ3) is 5.03. The second-order valence-corrected chi connectivity index (χ2v) is 8.32. The number of likely N-dealkylation sites (tertiary alicyclic amines) is 1. The van der Waals surface area contributed by atoms with Gasteiger partial charge in [0.05, 0.1) is 11.6 Å². The second-order valence-electron chi connectivity index (χ2n) is 8.32. The number of carbonyl (C=O) groups excluding carboxylic acids is 3. The molecule has 3 rings (SSSR count). The van der Waals surface area contributed by atoms with Gasteiger partial charge in [-0.25, -0.2) is 4.39 Å². The third-order valence-electron chi connectivity index (χ3n) is 6.42. The molecule has 2 atom stereocenters. The van der Waals surface area contributed by atoms with Crippen LogP contribution in [0.2, 0.25) is 0 Å². The average Bonchev–Trinajstić information content (AvgIpc) is 2.77. The van der Waals surface area contributed by atoms with E-state index in [2.05, 4.69) is 5.32 Å². The van der Waals surface area contributed by atoms with E-state index in [1.54, 1.807) is 24.0 Å². The monoisotopic (exact) mass is 402 g/mol. The van der Waals surface area contributed by atoms with Crippen molar-refractivity contribution in [2.24, 2.45) is 5.92 Å². The van der Waals surface area contributed by atoms with E-state index < -0.39 is 17.8 Å². The van der Waals surface area contributed by atoms with E-state index in [0.29, 0.717) is 25.1 Å². The van der Waals surface area contributed by atoms with Crippen LogP contribution in [0.25, 0.3) is 0 Å². The van der Waals surface area contributed by atoms with Crippen molar-refractivity contribution in [3.63, 3.8) is 0 Å². The highest BCUT2D eigenvalue weighted by atomic mass is 19.1. The topological polar surface area (TPSA) is 66.5 Å². The van der Waals surface area contributed by atoms with Crippen molar-refractivity contribution in [3.8, 4) is 0 Å². The first-order valence-electron chi connectivity index (χ1n) is 10.9. The fourth-order valence-corrected chi connectivity index (χ4v) is 4.76. The molecule has 1 unspecified atom stereocenters. The van der Waals surface area contributed by atoms with Crippen LogP contribution in [0.3, 0.4) is 0 Å². The van der Waals surface area contributed by atoms with E-state index in [9.17, 15) is 14.4 Å². The first kappa shape index (κ1) is 21.5. The maximum Gasteiger partial charge on any atom is 0.254 e. The Morgan fingerprint density at radius 2 is 1.97 bits per heavy atom. The van der Waals surface area contributed by atoms with Crippen LogP contribution in [0, 0.1) is 11.7 Å². The molecule has 1 saturated carbocycles. The Morgan fingerprint density at radius 1 is 1.21 bits per heavy atom. The van der Waals surface area contributed by atoms with E-state index in [1.165, 1.54) is 6.07 Å². The molecule has 5 nitrogen and oxygen atoms in total. The number of ketones is 1. The van der Waals surface area contributed by atoms with Crippen LogP contribution >= 0.6 is 0 Å². The van der Waals surface area contributed by atoms with Crippen molar-refractivity contribution in [2.45, 2.75) is 70.3 Å². The summed E-state index contributed by atoms with van der Waals surface area (Å²) < 4.78 is 15.3. The largest absolute Gasteiger partial charge is 0.345 e. The number of benzene rings is 1. The minimum absolute atomic E-state index is 0.00992. The van der Waals surface area contributed by atoms with Crippen LogP contribution in [0.15, 0.2) is 18.2 Å². The first-order chi connectivity index (χ1) is 14.0. The molecular formula is C23H31FN2O3. The van der Waals surface area contributed by atoms with Gasteiger partial charge in [-0.05, 0) is 43.2 Å². The zero-order chi connectivity index (χ0) is 20.8. The van der Waals surface area contributed by atoms with Gasteiger partial charge in [0.15, 0.2) is 5.78 Å². The van der Waals surface area contributed by atoms with Crippen LogP contribution in [0.5, 0.6) is 0 Å². The SMILES string of the molecule is CCC(=O)[C@H](NC(=O)c1cccc(C2CCCN(C=O)C2)c1F)C1CCCCC1. The Morgan fingerprint density at radius 3 is 2.66 bits per heavy atom. The van der Waals surface area contributed by atoms with Gasteiger partial charge in [0.25, 0.3) is 5.91 Å². The van der Waals surface area contributed by atoms with Crippen LogP contribution < -0.4 is 5.32 Å². The fraction of sp³-hybridized carbons (Fsp3) is 0.609. The summed E-state index contributed by atoms with van der Waals surface area (Å²) >= 11 is 0. The Balaban J connectivity index is 1.79. The van der Waals surface area contributed by atoms with Crippen molar-refractivity contribution >= 4 is 18.1 Å². The summed E-state index contributed by atoms with van der Waals surface area (Å²) in [5, 5.41) is 2.85. The normalized spacial score (nSPS) is 21.4. The zero-order valence-electron chi connectivity index (χ0n) is 17.2. The first-order valence-corrected chi connectivity index (χ1v) is 10.9. The lowest BCUT2D eigenvalue weighted by Crippen LogP contribution is -2.46. The van der Waals surface area contributed by atoms with E-state index in [4.69, 9.17) is 0 Å². The maximum absolute atomic E-state index is 15.3. The molecule has 6 heteroatoms. The van der Waals surface area contributed by atoms with Crippen molar-refractivity contribution in [1.29, 1.82) is 0 Å². The highest BCUT2D eigenvalue weighted by Gasteiger charge is 2.31. The van der Waals surface area contributed by atoms with Gasteiger partial charge < -0.3 is 10.2 Å². The Kier molecular flexibility index (Phi) is 7.40. The molecular weight excluding hydrogens is 371 g/mol. The maximum atomic E-state index is 15.3. The van der Waals surface area contributed by atoms with Crippen LogP contribution in [0.1, 0.15) is 80.1 Å². The fourth-order valence-electron chi connectivity index (χ4n) is 4.76. The smallest absolute Gasteiger partial charge is 0.254 e. The van der Waals surface area contributed by atoms with Crippen molar-refractivity contribution in [2.75, 3.05) is 13.1 Å². The number of Topliss-reactive ketones (excluding diaryl/α,β-unsaturated/α-hetero) is 1. The van der Waals surface area contributed by atoms with Gasteiger partial charge in [0, 0.05) is 25.4 Å². The molecule has 0 aromatic heterocycles. The molecule has 1 aromatic rings. The van der Waals surface area contributed by atoms with Gasteiger partial charge in [-0.3, -0.25) is 14.4 Å². The molecule has 1 aliphatic carbocycles. The lowest BCUT2D eigenvalue weighted by molar-refractivity contribution is -0.122. The Labute approximate surface area is 172 Å². The van der Waals surface area contributed by atoms with E-state index in [1.807, 2.05) is 0 Å². The van der Waals surface area contributed by atoms with Gasteiger partial charge >= 0.3 is 0 Å². The van der Waals surface area contributed by atoms with E-state index in [0.717, 1.165) is 51.4 Å². The van der Waals surface area contributed by atoms with Crippen LogP contribution in [-0.4, -0.2) is 42.1 Å². The van der Waals surface area contributed by atoms with Gasteiger partial charge in [-0.2, -0.15) is 0 Å². The third-order valence-corrected chi connectivity index (χ3v) is 6.42. The number of piperidine rings is 1. The Bertz CT molecular complexity index is 746. The predicted octanol–water partition coefficient (Wildman–Crippen LogP) is 3.82. The lowest BCUT2D eigenvalue weighted by atomic mass is 9.81. The van der Waals surface area contributed by atoms with Gasteiger partial charge in [0.1, 0.15) is 5.82 Å². The molecule has 1 heterocycles. The highest BCUT2D eigenvalue weighted by molar-refractivity contribution is 5.98. The number of rotatable bonds is 7. The number of nitrogens with one attached hydrogen (secondary N) is 1. The minimum Gasteiger partial charge on any atom is -0.345 e. The minimum atomic E-state index is -0.545. The summed E-state index contributed by atoms with van der Waals surface area (Å²) in [5.74, 6) is -1.03. The van der Waals surface area contributed by atoms with Crippen molar-refractivity contribution in [3.05, 3.63) is 35.1 Å². The Hall–Kier alpha value is -2.24. The summed E-state index contributed by atoms with van der Waals surface area (Å²) in [7, 11) is 0. The molecule has 0 spiro atoms. The van der Waals surface area contributed by atoms with Crippen LogP contribution in [0.4, 0.5) is 4.39 Å². The number of nitrogens with zero attached hydrogens (tertiary/aromatic N) is 1. The van der Waals surface area contributed by atoms with Crippen molar-refractivity contribution in [1.82, 2.24) is 10.2 Å². The molecule has 1 N–H and O–H groups in total. The molecule has 29 heavy (non-hydrogen) atoms. The molecule has 1 aliphatic heterocycles. The van der Waals surface area contributed by atoms with E-state index in [-0.39, 0.29) is 23.2 Å². The average molecular weight is 403 g/mol. The quantitative estimate of drug-likeness (QED) is 0.705. The van der Waals surface area contributed by atoms with Crippen LogP contribution in [-0.2, 0) is 9.59 Å². The number of hydrogen-bond donors (Lipinski definition) is 1. The van der Waals surface area contributed by atoms with Gasteiger partial charge in [-0.15, -0.1) is 0 Å². The molecule has 1 saturated heterocycles. The molecule has 2 aliphatic rings. The summed E-state index contributed by atoms with van der Waals surface area (Å²) in [6.45, 7) is 2.95. The van der Waals surface area contributed by atoms with E-state index >= 15 is 4.39 Å². The molecule has 1 aromatic carbocycles.